The van der Waals surface area contributed by atoms with E-state index >= 15 is 0 Å². The first-order valence-electron chi connectivity index (χ1n) is 6.40. The Morgan fingerprint density at radius 1 is 1.16 bits per heavy atom. The number of nitrogens with zero attached hydrogens (tertiary/aromatic N) is 1. The number of benzene rings is 2. The number of benzodiazepines with no additional fused rings is 1. The van der Waals surface area contributed by atoms with Gasteiger partial charge >= 0.3 is 0 Å². The lowest BCUT2D eigenvalue weighted by atomic mass is 10.0. The van der Waals surface area contributed by atoms with Crippen molar-refractivity contribution in [3.63, 3.8) is 0 Å². The highest BCUT2D eigenvalue weighted by Crippen LogP contribution is 2.26. The van der Waals surface area contributed by atoms with Crippen molar-refractivity contribution in [2.24, 2.45) is 4.99 Å². The number of hydrogen-bond donors (Lipinski definition) is 1. The van der Waals surface area contributed by atoms with Gasteiger partial charge in [-0.2, -0.15) is 0 Å². The number of anilines is 1. The van der Waals surface area contributed by atoms with Gasteiger partial charge in [-0.15, -0.1) is 0 Å². The molecule has 0 saturated heterocycles. The Kier molecular flexibility index (Phi) is 3.26. The summed E-state index contributed by atoms with van der Waals surface area (Å²) in [6.45, 7) is 2.90. The first-order chi connectivity index (χ1) is 9.24. The number of hydrogen-bond acceptors (Lipinski definition) is 2. The molecule has 0 aromatic heterocycles. The molecule has 1 unspecified atom stereocenters. The Labute approximate surface area is 118 Å². The van der Waals surface area contributed by atoms with Crippen LogP contribution in [-0.2, 0) is 0 Å². The van der Waals surface area contributed by atoms with E-state index in [0.717, 1.165) is 34.1 Å². The van der Waals surface area contributed by atoms with Crippen LogP contribution in [0.2, 0.25) is 5.02 Å². The third-order valence-electron chi connectivity index (χ3n) is 3.21. The number of nitrogens with one attached hydrogen (secondary N) is 1. The Morgan fingerprint density at radius 3 is 2.74 bits per heavy atom. The molecule has 2 aromatic carbocycles. The third kappa shape index (κ3) is 2.49. The molecule has 0 radical (unpaired) electrons. The summed E-state index contributed by atoms with van der Waals surface area (Å²) in [5, 5.41) is 4.21. The Morgan fingerprint density at radius 2 is 1.95 bits per heavy atom. The maximum atomic E-state index is 6.14. The lowest BCUT2D eigenvalue weighted by molar-refractivity contribution is 0.811. The fraction of sp³-hybridized carbons (Fsp3) is 0.188. The lowest BCUT2D eigenvalue weighted by Crippen LogP contribution is -2.17. The molecule has 1 heterocycles. The van der Waals surface area contributed by atoms with Gasteiger partial charge < -0.3 is 5.32 Å². The minimum atomic E-state index is 0.320. The first-order valence-corrected chi connectivity index (χ1v) is 6.78. The van der Waals surface area contributed by atoms with E-state index in [0.29, 0.717) is 6.04 Å². The Balaban J connectivity index is 2.17. The van der Waals surface area contributed by atoms with E-state index in [1.54, 1.807) is 0 Å². The molecule has 0 fully saturated rings. The molecule has 0 bridgehead atoms. The molecule has 0 spiro atoms. The topological polar surface area (TPSA) is 24.4 Å². The van der Waals surface area contributed by atoms with Crippen molar-refractivity contribution in [3.8, 4) is 0 Å². The molecule has 2 nitrogen and oxygen atoms in total. The number of fused-ring (bicyclic) bond motifs is 1. The second-order valence-corrected chi connectivity index (χ2v) is 5.23. The zero-order valence-corrected chi connectivity index (χ0v) is 11.5. The van der Waals surface area contributed by atoms with E-state index in [1.165, 1.54) is 0 Å². The van der Waals surface area contributed by atoms with Crippen LogP contribution in [0.3, 0.4) is 0 Å². The maximum absolute atomic E-state index is 6.14. The maximum Gasteiger partial charge on any atom is 0.0741 e. The summed E-state index contributed by atoms with van der Waals surface area (Å²) in [7, 11) is 0. The Hall–Kier alpha value is -1.80. The van der Waals surface area contributed by atoms with Gasteiger partial charge in [-0.3, -0.25) is 4.99 Å². The second kappa shape index (κ2) is 5.06. The van der Waals surface area contributed by atoms with Crippen LogP contribution in [-0.4, -0.2) is 18.3 Å². The van der Waals surface area contributed by atoms with Gasteiger partial charge in [0.2, 0.25) is 0 Å². The van der Waals surface area contributed by atoms with Gasteiger partial charge in [0.05, 0.1) is 12.3 Å². The van der Waals surface area contributed by atoms with Crippen molar-refractivity contribution >= 4 is 23.0 Å². The minimum absolute atomic E-state index is 0.320. The van der Waals surface area contributed by atoms with Crippen LogP contribution < -0.4 is 5.32 Å². The van der Waals surface area contributed by atoms with E-state index in [-0.39, 0.29) is 0 Å². The van der Waals surface area contributed by atoms with Crippen LogP contribution in [0.4, 0.5) is 5.69 Å². The molecule has 1 atom stereocenters. The van der Waals surface area contributed by atoms with Gasteiger partial charge in [0.25, 0.3) is 0 Å². The molecular formula is C16H15ClN2. The summed E-state index contributed by atoms with van der Waals surface area (Å²) in [4.78, 5) is 4.75. The van der Waals surface area contributed by atoms with Crippen molar-refractivity contribution < 1.29 is 0 Å². The number of halogens is 1. The van der Waals surface area contributed by atoms with Crippen molar-refractivity contribution in [1.82, 2.24) is 0 Å². The minimum Gasteiger partial charge on any atom is -0.380 e. The molecule has 96 valence electrons. The molecule has 1 aliphatic heterocycles. The highest BCUT2D eigenvalue weighted by molar-refractivity contribution is 6.31. The largest absolute Gasteiger partial charge is 0.380 e. The van der Waals surface area contributed by atoms with Crippen LogP contribution in [0.15, 0.2) is 53.5 Å². The van der Waals surface area contributed by atoms with Crippen molar-refractivity contribution in [2.45, 2.75) is 13.0 Å². The summed E-state index contributed by atoms with van der Waals surface area (Å²) in [6, 6.07) is 16.5. The molecule has 3 rings (SSSR count). The number of rotatable bonds is 1. The van der Waals surface area contributed by atoms with Crippen molar-refractivity contribution in [2.75, 3.05) is 11.9 Å². The first kappa shape index (κ1) is 12.2. The second-order valence-electron chi connectivity index (χ2n) is 4.79. The van der Waals surface area contributed by atoms with Crippen molar-refractivity contribution in [1.29, 1.82) is 0 Å². The zero-order valence-electron chi connectivity index (χ0n) is 10.7. The van der Waals surface area contributed by atoms with Gasteiger partial charge in [0.15, 0.2) is 0 Å². The van der Waals surface area contributed by atoms with Crippen LogP contribution in [0.1, 0.15) is 18.1 Å². The molecule has 0 amide bonds. The highest BCUT2D eigenvalue weighted by Gasteiger charge is 2.17. The Bertz CT molecular complexity index is 620. The van der Waals surface area contributed by atoms with Crippen LogP contribution in [0, 0.1) is 0 Å². The van der Waals surface area contributed by atoms with Crippen LogP contribution in [0.5, 0.6) is 0 Å². The summed E-state index contributed by atoms with van der Waals surface area (Å²) >= 11 is 6.14. The van der Waals surface area contributed by atoms with Crippen molar-refractivity contribution in [3.05, 3.63) is 64.7 Å². The molecule has 1 aliphatic rings. The molecule has 0 aliphatic carbocycles. The van der Waals surface area contributed by atoms with Gasteiger partial charge in [-0.25, -0.2) is 0 Å². The van der Waals surface area contributed by atoms with E-state index in [4.69, 9.17) is 16.6 Å². The SMILES string of the molecule is CC1CN=C(c2ccccc2)c2cc(Cl)ccc2N1. The summed E-state index contributed by atoms with van der Waals surface area (Å²) in [6.07, 6.45) is 0. The average molecular weight is 271 g/mol. The van der Waals surface area contributed by atoms with Gasteiger partial charge in [0, 0.05) is 27.9 Å². The molecule has 0 saturated carbocycles. The molecule has 19 heavy (non-hydrogen) atoms. The zero-order chi connectivity index (χ0) is 13.2. The molecule has 2 aromatic rings. The van der Waals surface area contributed by atoms with Crippen LogP contribution in [0.25, 0.3) is 0 Å². The predicted molar refractivity (Wildman–Crippen MR) is 81.5 cm³/mol. The lowest BCUT2D eigenvalue weighted by Gasteiger charge is -2.13. The van der Waals surface area contributed by atoms with Crippen LogP contribution >= 0.6 is 11.6 Å². The summed E-state index contributed by atoms with van der Waals surface area (Å²) < 4.78 is 0. The monoisotopic (exact) mass is 270 g/mol. The van der Waals surface area contributed by atoms with Gasteiger partial charge in [0.1, 0.15) is 0 Å². The van der Waals surface area contributed by atoms with Gasteiger partial charge in [-0.05, 0) is 25.1 Å². The summed E-state index contributed by atoms with van der Waals surface area (Å²) in [5.74, 6) is 0. The van der Waals surface area contributed by atoms with E-state index < -0.39 is 0 Å². The molecular weight excluding hydrogens is 256 g/mol. The van der Waals surface area contributed by atoms with E-state index in [1.807, 2.05) is 36.4 Å². The average Bonchev–Trinajstić information content (AvgIpc) is 2.58. The summed E-state index contributed by atoms with van der Waals surface area (Å²) in [5.41, 5.74) is 4.30. The normalized spacial score (nSPS) is 18.0. The molecule has 1 N–H and O–H groups in total. The number of aliphatic imine (C=N–C) groups is 1. The van der Waals surface area contributed by atoms with Gasteiger partial charge in [-0.1, -0.05) is 41.9 Å². The van der Waals surface area contributed by atoms with E-state index in [2.05, 4.69) is 24.4 Å². The predicted octanol–water partition coefficient (Wildman–Crippen LogP) is 3.99. The van der Waals surface area contributed by atoms with E-state index in [9.17, 15) is 0 Å². The highest BCUT2D eigenvalue weighted by atomic mass is 35.5. The third-order valence-corrected chi connectivity index (χ3v) is 3.44. The fourth-order valence-corrected chi connectivity index (χ4v) is 2.48. The smallest absolute Gasteiger partial charge is 0.0741 e. The fourth-order valence-electron chi connectivity index (χ4n) is 2.31. The molecule has 3 heteroatoms. The standard InChI is InChI=1S/C16H15ClN2/c1-11-10-18-16(12-5-3-2-4-6-12)14-9-13(17)7-8-15(14)19-11/h2-9,11,19H,10H2,1H3. The quantitative estimate of drug-likeness (QED) is 0.832.